The van der Waals surface area contributed by atoms with Crippen molar-refractivity contribution in [3.8, 4) is 11.1 Å². The van der Waals surface area contributed by atoms with Gasteiger partial charge in [0, 0.05) is 5.92 Å². The molecule has 0 aromatic heterocycles. The van der Waals surface area contributed by atoms with E-state index in [1.807, 2.05) is 24.3 Å². The highest BCUT2D eigenvalue weighted by molar-refractivity contribution is 5.79. The van der Waals surface area contributed by atoms with Crippen molar-refractivity contribution in [1.82, 2.24) is 9.96 Å². The zero-order chi connectivity index (χ0) is 23.3. The van der Waals surface area contributed by atoms with Crippen LogP contribution in [0.15, 0.2) is 48.5 Å². The Bertz CT molecular complexity index is 1040. The first-order valence-electron chi connectivity index (χ1n) is 11.2. The monoisotopic (exact) mass is 452 g/mol. The molecule has 8 nitrogen and oxygen atoms in total. The number of fused-ring (bicyclic) bond motifs is 4. The normalized spacial score (nSPS) is 23.8. The van der Waals surface area contributed by atoms with Gasteiger partial charge in [0.1, 0.15) is 18.2 Å². The average molecular weight is 453 g/mol. The molecule has 0 bridgehead atoms. The summed E-state index contributed by atoms with van der Waals surface area (Å²) in [7, 11) is 0. The molecule has 0 spiro atoms. The van der Waals surface area contributed by atoms with Crippen LogP contribution in [0.3, 0.4) is 0 Å². The molecule has 3 aliphatic rings. The number of rotatable bonds is 2. The first kappa shape index (κ1) is 21.7. The Morgan fingerprint density at radius 1 is 1.03 bits per heavy atom. The molecule has 1 N–H and O–H groups in total. The van der Waals surface area contributed by atoms with Crippen molar-refractivity contribution in [1.29, 1.82) is 0 Å². The lowest BCUT2D eigenvalue weighted by Crippen LogP contribution is -2.45. The molecule has 3 atom stereocenters. The van der Waals surface area contributed by atoms with Crippen LogP contribution in [0.25, 0.3) is 11.1 Å². The second kappa shape index (κ2) is 8.04. The lowest BCUT2D eigenvalue weighted by molar-refractivity contribution is -0.128. The number of carbonyl (C=O) groups is 2. The van der Waals surface area contributed by atoms with Crippen molar-refractivity contribution in [3.63, 3.8) is 0 Å². The first-order chi connectivity index (χ1) is 15.7. The molecule has 2 saturated heterocycles. The van der Waals surface area contributed by atoms with Crippen molar-refractivity contribution >= 4 is 12.2 Å². The Hall–Kier alpha value is -3.10. The zero-order valence-electron chi connectivity index (χ0n) is 18.9. The van der Waals surface area contributed by atoms with Gasteiger partial charge in [0.15, 0.2) is 0 Å². The van der Waals surface area contributed by atoms with E-state index in [1.165, 1.54) is 4.90 Å². The number of β-amino-alcohol motifs (C(OH)–C–C–N with tert-alkyl or cyclic N) is 1. The maximum absolute atomic E-state index is 13.0. The number of hydrogen-bond donors (Lipinski definition) is 1. The van der Waals surface area contributed by atoms with Crippen molar-refractivity contribution in [3.05, 3.63) is 59.7 Å². The van der Waals surface area contributed by atoms with E-state index in [1.54, 1.807) is 20.8 Å². The number of aliphatic hydroxyl groups is 1. The first-order valence-corrected chi connectivity index (χ1v) is 11.2. The lowest BCUT2D eigenvalue weighted by Gasteiger charge is -2.27. The average Bonchev–Trinajstić information content (AvgIpc) is 3.43. The number of likely N-dealkylation sites (tertiary alicyclic amines) is 1. The van der Waals surface area contributed by atoms with E-state index in [4.69, 9.17) is 14.3 Å². The van der Waals surface area contributed by atoms with Crippen LogP contribution in [0.2, 0.25) is 0 Å². The molecule has 1 aliphatic carbocycles. The molecule has 174 valence electrons. The minimum absolute atomic E-state index is 0.0702. The molecule has 0 saturated carbocycles. The standard InChI is InChI=1S/C25H28N2O6/c1-25(2,3)33-23(29)26-12-21(28)22-20(26)14-32-27(22)24(30)31-13-19-17-10-6-4-8-15(17)16-9-5-7-11-18(16)19/h4-11,19-22,28H,12-14H2,1-3H3. The van der Waals surface area contributed by atoms with Gasteiger partial charge in [-0.25, -0.2) is 9.59 Å². The third-order valence-electron chi connectivity index (χ3n) is 6.37. The summed E-state index contributed by atoms with van der Waals surface area (Å²) in [5.41, 5.74) is 3.86. The molecule has 8 heteroatoms. The number of aliphatic hydroxyl groups excluding tert-OH is 1. The molecule has 0 radical (unpaired) electrons. The second-order valence-corrected chi connectivity index (χ2v) is 9.68. The summed E-state index contributed by atoms with van der Waals surface area (Å²) >= 11 is 0. The van der Waals surface area contributed by atoms with Gasteiger partial charge in [-0.05, 0) is 43.0 Å². The third kappa shape index (κ3) is 3.83. The van der Waals surface area contributed by atoms with Crippen LogP contribution in [-0.2, 0) is 14.3 Å². The maximum Gasteiger partial charge on any atom is 0.434 e. The predicted octanol–water partition coefficient (Wildman–Crippen LogP) is 3.53. The molecule has 2 fully saturated rings. The number of benzene rings is 2. The molecule has 2 aliphatic heterocycles. The van der Waals surface area contributed by atoms with E-state index in [2.05, 4.69) is 24.3 Å². The van der Waals surface area contributed by atoms with Crippen LogP contribution in [0.4, 0.5) is 9.59 Å². The molecule has 2 heterocycles. The van der Waals surface area contributed by atoms with E-state index < -0.39 is 36.0 Å². The lowest BCUT2D eigenvalue weighted by atomic mass is 9.98. The highest BCUT2D eigenvalue weighted by atomic mass is 16.7. The summed E-state index contributed by atoms with van der Waals surface area (Å²) in [5, 5.41) is 11.7. The minimum Gasteiger partial charge on any atom is -0.447 e. The largest absolute Gasteiger partial charge is 0.447 e. The van der Waals surface area contributed by atoms with Gasteiger partial charge in [0.2, 0.25) is 0 Å². The van der Waals surface area contributed by atoms with Crippen LogP contribution < -0.4 is 0 Å². The number of carbonyl (C=O) groups excluding carboxylic acids is 2. The summed E-state index contributed by atoms with van der Waals surface area (Å²) in [5.74, 6) is -0.0773. The zero-order valence-corrected chi connectivity index (χ0v) is 18.9. The molecular formula is C25H28N2O6. The Labute approximate surface area is 192 Å². The van der Waals surface area contributed by atoms with E-state index in [-0.39, 0.29) is 25.7 Å². The van der Waals surface area contributed by atoms with E-state index in [0.29, 0.717) is 0 Å². The molecular weight excluding hydrogens is 424 g/mol. The Balaban J connectivity index is 1.28. The Morgan fingerprint density at radius 3 is 2.24 bits per heavy atom. The Morgan fingerprint density at radius 2 is 1.64 bits per heavy atom. The van der Waals surface area contributed by atoms with Crippen molar-refractivity contribution in [2.24, 2.45) is 0 Å². The quantitative estimate of drug-likeness (QED) is 0.750. The second-order valence-electron chi connectivity index (χ2n) is 9.68. The minimum atomic E-state index is -0.953. The molecule has 2 aromatic rings. The van der Waals surface area contributed by atoms with E-state index in [0.717, 1.165) is 27.3 Å². The fraction of sp³-hybridized carbons (Fsp3) is 0.440. The summed E-state index contributed by atoms with van der Waals surface area (Å²) in [6.07, 6.45) is -2.16. The van der Waals surface area contributed by atoms with Crippen LogP contribution in [0, 0.1) is 0 Å². The summed E-state index contributed by atoms with van der Waals surface area (Å²) in [6.45, 7) is 5.65. The van der Waals surface area contributed by atoms with Crippen LogP contribution in [-0.4, -0.2) is 70.8 Å². The van der Waals surface area contributed by atoms with Gasteiger partial charge in [-0.1, -0.05) is 48.5 Å². The topological polar surface area (TPSA) is 88.5 Å². The van der Waals surface area contributed by atoms with Gasteiger partial charge in [-0.3, -0.25) is 9.74 Å². The molecule has 2 amide bonds. The SMILES string of the molecule is CC(C)(C)OC(=O)N1CC(O)C2C1CON2C(=O)OCC1c2ccccc2-c2ccccc21. The fourth-order valence-corrected chi connectivity index (χ4v) is 4.99. The van der Waals surface area contributed by atoms with Gasteiger partial charge >= 0.3 is 12.2 Å². The van der Waals surface area contributed by atoms with Crippen LogP contribution >= 0.6 is 0 Å². The van der Waals surface area contributed by atoms with Gasteiger partial charge in [0.25, 0.3) is 0 Å². The fourth-order valence-electron chi connectivity index (χ4n) is 4.99. The van der Waals surface area contributed by atoms with Crippen LogP contribution in [0.5, 0.6) is 0 Å². The van der Waals surface area contributed by atoms with Gasteiger partial charge in [-0.15, -0.1) is 0 Å². The predicted molar refractivity (Wildman–Crippen MR) is 119 cm³/mol. The summed E-state index contributed by atoms with van der Waals surface area (Å²) < 4.78 is 11.1. The highest BCUT2D eigenvalue weighted by Gasteiger charge is 2.54. The van der Waals surface area contributed by atoms with Crippen molar-refractivity contribution in [2.75, 3.05) is 19.8 Å². The summed E-state index contributed by atoms with van der Waals surface area (Å²) in [6, 6.07) is 15.0. The van der Waals surface area contributed by atoms with Crippen molar-refractivity contribution < 1.29 is 29.0 Å². The van der Waals surface area contributed by atoms with E-state index in [9.17, 15) is 14.7 Å². The number of amides is 2. The number of nitrogens with zero attached hydrogens (tertiary/aromatic N) is 2. The van der Waals surface area contributed by atoms with Gasteiger partial charge in [-0.2, -0.15) is 5.06 Å². The molecule has 5 rings (SSSR count). The smallest absolute Gasteiger partial charge is 0.434 e. The van der Waals surface area contributed by atoms with Gasteiger partial charge < -0.3 is 14.6 Å². The van der Waals surface area contributed by atoms with E-state index >= 15 is 0 Å². The summed E-state index contributed by atoms with van der Waals surface area (Å²) in [4.78, 5) is 32.5. The molecule has 2 aromatic carbocycles. The number of hydrogen-bond acceptors (Lipinski definition) is 6. The Kier molecular flexibility index (Phi) is 5.29. The highest BCUT2D eigenvalue weighted by Crippen LogP contribution is 2.44. The third-order valence-corrected chi connectivity index (χ3v) is 6.37. The number of ether oxygens (including phenoxy) is 2. The molecule has 3 unspecified atom stereocenters. The number of hydroxylamine groups is 2. The molecule has 33 heavy (non-hydrogen) atoms. The van der Waals surface area contributed by atoms with Crippen molar-refractivity contribution in [2.45, 2.75) is 50.5 Å². The van der Waals surface area contributed by atoms with Crippen LogP contribution in [0.1, 0.15) is 37.8 Å². The van der Waals surface area contributed by atoms with Gasteiger partial charge in [0.05, 0.1) is 25.3 Å². The maximum atomic E-state index is 13.0.